The van der Waals surface area contributed by atoms with Crippen LogP contribution in [0.1, 0.15) is 21.5 Å². The number of anilines is 1. The highest BCUT2D eigenvalue weighted by atomic mass is 127. The van der Waals surface area contributed by atoms with Crippen molar-refractivity contribution in [2.24, 2.45) is 0 Å². The Balaban J connectivity index is 2.25. The summed E-state index contributed by atoms with van der Waals surface area (Å²) in [5.74, 6) is -0.163. The van der Waals surface area contributed by atoms with Gasteiger partial charge in [0.05, 0.1) is 5.02 Å². The molecule has 0 fully saturated rings. The Hall–Kier alpha value is -0.590. The molecule has 0 radical (unpaired) electrons. The maximum absolute atomic E-state index is 12.2. The summed E-state index contributed by atoms with van der Waals surface area (Å²) in [5.41, 5.74) is 3.50. The highest BCUT2D eigenvalue weighted by molar-refractivity contribution is 14.1. The molecule has 0 unspecified atom stereocenters. The largest absolute Gasteiger partial charge is 0.322 e. The van der Waals surface area contributed by atoms with Crippen molar-refractivity contribution in [1.82, 2.24) is 0 Å². The first-order valence-electron chi connectivity index (χ1n) is 5.91. The molecule has 0 spiro atoms. The van der Waals surface area contributed by atoms with Crippen LogP contribution in [0.15, 0.2) is 34.8 Å². The van der Waals surface area contributed by atoms with Gasteiger partial charge in [-0.15, -0.1) is 0 Å². The summed E-state index contributed by atoms with van der Waals surface area (Å²) in [6.07, 6.45) is 0. The molecule has 2 rings (SSSR count). The van der Waals surface area contributed by atoms with Crippen LogP contribution in [0.25, 0.3) is 0 Å². The van der Waals surface area contributed by atoms with Crippen LogP contribution in [-0.4, -0.2) is 5.91 Å². The second kappa shape index (κ2) is 6.45. The molecule has 0 heterocycles. The van der Waals surface area contributed by atoms with E-state index >= 15 is 0 Å². The van der Waals surface area contributed by atoms with Gasteiger partial charge < -0.3 is 5.32 Å². The van der Waals surface area contributed by atoms with Crippen molar-refractivity contribution in [3.05, 3.63) is 60.1 Å². The monoisotopic (exact) mass is 463 g/mol. The van der Waals surface area contributed by atoms with Crippen LogP contribution >= 0.6 is 50.1 Å². The van der Waals surface area contributed by atoms with E-state index in [2.05, 4.69) is 43.8 Å². The van der Waals surface area contributed by atoms with Crippen molar-refractivity contribution in [3.8, 4) is 0 Å². The number of carbonyl (C=O) groups is 1. The van der Waals surface area contributed by atoms with Crippen LogP contribution in [0.5, 0.6) is 0 Å². The average molecular weight is 465 g/mol. The fraction of sp³-hybridized carbons (Fsp3) is 0.133. The fourth-order valence-electron chi connectivity index (χ4n) is 1.86. The number of aryl methyl sites for hydroxylation is 2. The molecule has 104 valence electrons. The topological polar surface area (TPSA) is 29.1 Å². The Morgan fingerprint density at radius 1 is 1.20 bits per heavy atom. The van der Waals surface area contributed by atoms with Crippen molar-refractivity contribution in [3.63, 3.8) is 0 Å². The number of benzene rings is 2. The average Bonchev–Trinajstić information content (AvgIpc) is 2.39. The van der Waals surface area contributed by atoms with Gasteiger partial charge in [-0.2, -0.15) is 0 Å². The van der Waals surface area contributed by atoms with E-state index in [1.165, 1.54) is 0 Å². The third-order valence-electron chi connectivity index (χ3n) is 2.88. The van der Waals surface area contributed by atoms with Crippen molar-refractivity contribution in [2.45, 2.75) is 13.8 Å². The molecule has 1 N–H and O–H groups in total. The lowest BCUT2D eigenvalue weighted by Crippen LogP contribution is -2.12. The van der Waals surface area contributed by atoms with E-state index in [1.807, 2.05) is 32.0 Å². The number of carbonyl (C=O) groups excluding carboxylic acids is 1. The number of rotatable bonds is 2. The van der Waals surface area contributed by atoms with Crippen molar-refractivity contribution in [2.75, 3.05) is 5.32 Å². The maximum atomic E-state index is 12.2. The van der Waals surface area contributed by atoms with E-state index in [9.17, 15) is 4.79 Å². The van der Waals surface area contributed by atoms with E-state index in [0.717, 1.165) is 24.9 Å². The molecule has 2 aromatic carbocycles. The summed E-state index contributed by atoms with van der Waals surface area (Å²) in [6.45, 7) is 3.99. The second-order valence-corrected chi connectivity index (χ2v) is 6.87. The normalized spacial score (nSPS) is 10.4. The molecular formula is C15H12BrClINO. The van der Waals surface area contributed by atoms with Crippen molar-refractivity contribution >= 4 is 61.7 Å². The number of hydrogen-bond acceptors (Lipinski definition) is 1. The van der Waals surface area contributed by atoms with Crippen LogP contribution in [0, 0.1) is 17.4 Å². The Kier molecular flexibility index (Phi) is 5.09. The molecule has 2 aromatic rings. The Morgan fingerprint density at radius 3 is 2.35 bits per heavy atom. The lowest BCUT2D eigenvalue weighted by molar-refractivity contribution is 0.102. The highest BCUT2D eigenvalue weighted by Gasteiger charge is 2.10. The number of nitrogens with one attached hydrogen (secondary N) is 1. The molecule has 0 aliphatic heterocycles. The van der Waals surface area contributed by atoms with Crippen LogP contribution < -0.4 is 5.32 Å². The van der Waals surface area contributed by atoms with Gasteiger partial charge >= 0.3 is 0 Å². The third-order valence-corrected chi connectivity index (χ3v) is 5.70. The minimum atomic E-state index is -0.163. The summed E-state index contributed by atoms with van der Waals surface area (Å²) >= 11 is 11.7. The zero-order valence-electron chi connectivity index (χ0n) is 10.9. The van der Waals surface area contributed by atoms with Gasteiger partial charge in [0.1, 0.15) is 0 Å². The zero-order valence-corrected chi connectivity index (χ0v) is 15.4. The maximum Gasteiger partial charge on any atom is 0.255 e. The number of amides is 1. The van der Waals surface area contributed by atoms with Gasteiger partial charge in [0.2, 0.25) is 0 Å². The van der Waals surface area contributed by atoms with Gasteiger partial charge in [0, 0.05) is 19.3 Å². The molecule has 0 aliphatic rings. The smallest absolute Gasteiger partial charge is 0.255 e. The molecule has 2 nitrogen and oxygen atoms in total. The summed E-state index contributed by atoms with van der Waals surface area (Å²) in [4.78, 5) is 12.2. The second-order valence-electron chi connectivity index (χ2n) is 4.51. The molecule has 0 aromatic heterocycles. The molecule has 0 bridgehead atoms. The van der Waals surface area contributed by atoms with E-state index in [1.54, 1.807) is 12.1 Å². The number of halogens is 3. The minimum Gasteiger partial charge on any atom is -0.322 e. The first-order valence-corrected chi connectivity index (χ1v) is 8.16. The van der Waals surface area contributed by atoms with E-state index in [4.69, 9.17) is 11.6 Å². The summed E-state index contributed by atoms with van der Waals surface area (Å²) < 4.78 is 1.99. The summed E-state index contributed by atoms with van der Waals surface area (Å²) in [5, 5.41) is 3.48. The van der Waals surface area contributed by atoms with Gasteiger partial charge in [-0.1, -0.05) is 27.5 Å². The lowest BCUT2D eigenvalue weighted by Gasteiger charge is -2.10. The molecule has 1 amide bonds. The SMILES string of the molecule is Cc1cc(NC(=O)c2ccc(I)c(Cl)c2)cc(C)c1Br. The van der Waals surface area contributed by atoms with E-state index in [-0.39, 0.29) is 5.91 Å². The van der Waals surface area contributed by atoms with Crippen molar-refractivity contribution in [1.29, 1.82) is 0 Å². The van der Waals surface area contributed by atoms with E-state index in [0.29, 0.717) is 10.6 Å². The Labute approximate surface area is 145 Å². The standard InChI is InChI=1S/C15H12BrClINO/c1-8-5-11(6-9(2)14(8)16)19-15(20)10-3-4-13(18)12(17)7-10/h3-7H,1-2H3,(H,19,20). The quantitative estimate of drug-likeness (QED) is 0.578. The van der Waals surface area contributed by atoms with Crippen LogP contribution in [0.4, 0.5) is 5.69 Å². The minimum absolute atomic E-state index is 0.163. The first-order chi connectivity index (χ1) is 9.38. The third kappa shape index (κ3) is 3.54. The van der Waals surface area contributed by atoms with Gasteiger partial charge in [-0.25, -0.2) is 0 Å². The van der Waals surface area contributed by atoms with Gasteiger partial charge in [0.25, 0.3) is 5.91 Å². The summed E-state index contributed by atoms with van der Waals surface area (Å²) in [6, 6.07) is 9.14. The molecular weight excluding hydrogens is 452 g/mol. The van der Waals surface area contributed by atoms with Gasteiger partial charge in [-0.3, -0.25) is 4.79 Å². The summed E-state index contributed by atoms with van der Waals surface area (Å²) in [7, 11) is 0. The van der Waals surface area contributed by atoms with Gasteiger partial charge in [0.15, 0.2) is 0 Å². The van der Waals surface area contributed by atoms with Crippen LogP contribution in [0.3, 0.4) is 0 Å². The fourth-order valence-corrected chi connectivity index (χ4v) is 2.60. The Bertz CT molecular complexity index is 665. The van der Waals surface area contributed by atoms with E-state index < -0.39 is 0 Å². The van der Waals surface area contributed by atoms with Gasteiger partial charge in [-0.05, 0) is 77.9 Å². The molecule has 20 heavy (non-hydrogen) atoms. The molecule has 5 heteroatoms. The lowest BCUT2D eigenvalue weighted by atomic mass is 10.1. The predicted molar refractivity (Wildman–Crippen MR) is 95.7 cm³/mol. The molecule has 0 atom stereocenters. The molecule has 0 saturated carbocycles. The Morgan fingerprint density at radius 2 is 1.80 bits per heavy atom. The highest BCUT2D eigenvalue weighted by Crippen LogP contribution is 2.26. The van der Waals surface area contributed by atoms with Crippen molar-refractivity contribution < 1.29 is 4.79 Å². The molecule has 0 aliphatic carbocycles. The predicted octanol–water partition coefficient (Wildman–Crippen LogP) is 5.58. The van der Waals surface area contributed by atoms with Crippen LogP contribution in [0.2, 0.25) is 5.02 Å². The number of hydrogen-bond donors (Lipinski definition) is 1. The molecule has 0 saturated heterocycles. The van der Waals surface area contributed by atoms with Crippen LogP contribution in [-0.2, 0) is 0 Å². The zero-order chi connectivity index (χ0) is 14.9. The first kappa shape index (κ1) is 15.8.